The molecule has 0 saturated carbocycles. The van der Waals surface area contributed by atoms with E-state index in [1.54, 1.807) is 6.92 Å². The van der Waals surface area contributed by atoms with Crippen LogP contribution in [0.1, 0.15) is 18.9 Å². The van der Waals surface area contributed by atoms with E-state index in [4.69, 9.17) is 0 Å². The number of piperazine rings is 1. The van der Waals surface area contributed by atoms with E-state index in [9.17, 15) is 4.79 Å². The highest BCUT2D eigenvalue weighted by Crippen LogP contribution is 2.31. The molecule has 3 nitrogen and oxygen atoms in total. The van der Waals surface area contributed by atoms with Gasteiger partial charge in [-0.1, -0.05) is 18.2 Å². The molecule has 1 aliphatic heterocycles. The molecular weight excluding hydrogens is 224 g/mol. The average Bonchev–Trinajstić information content (AvgIpc) is 3.23. The smallest absolute Gasteiger partial charge is 0.219 e. The van der Waals surface area contributed by atoms with Gasteiger partial charge in [0.15, 0.2) is 0 Å². The summed E-state index contributed by atoms with van der Waals surface area (Å²) in [6, 6.07) is 8.78. The molecule has 0 bridgehead atoms. The van der Waals surface area contributed by atoms with E-state index in [2.05, 4.69) is 35.2 Å². The Bertz CT molecular complexity index is 482. The number of amides is 1. The third-order valence-electron chi connectivity index (χ3n) is 3.74. The molecule has 3 heteroatoms. The Morgan fingerprint density at radius 1 is 1.06 bits per heavy atom. The zero-order valence-electron chi connectivity index (χ0n) is 10.7. The minimum Gasteiger partial charge on any atom is -0.368 e. The molecular formula is C15H18N2O. The van der Waals surface area contributed by atoms with Crippen LogP contribution in [0.3, 0.4) is 0 Å². The van der Waals surface area contributed by atoms with Crippen molar-refractivity contribution in [2.24, 2.45) is 0 Å². The van der Waals surface area contributed by atoms with E-state index >= 15 is 0 Å². The first-order valence-corrected chi connectivity index (χ1v) is 6.54. The van der Waals surface area contributed by atoms with Crippen molar-refractivity contribution in [3.8, 4) is 0 Å². The molecule has 1 fully saturated rings. The largest absolute Gasteiger partial charge is 0.368 e. The normalized spacial score (nSPS) is 18.6. The predicted molar refractivity (Wildman–Crippen MR) is 73.5 cm³/mol. The maximum Gasteiger partial charge on any atom is 0.219 e. The molecule has 0 atom stereocenters. The maximum atomic E-state index is 11.3. The number of benzene rings is 1. The topological polar surface area (TPSA) is 23.6 Å². The molecule has 1 amide bonds. The van der Waals surface area contributed by atoms with E-state index in [-0.39, 0.29) is 5.91 Å². The van der Waals surface area contributed by atoms with Crippen LogP contribution in [0.15, 0.2) is 30.3 Å². The van der Waals surface area contributed by atoms with Crippen molar-refractivity contribution >= 4 is 17.2 Å². The molecule has 1 aromatic rings. The molecule has 1 heterocycles. The van der Waals surface area contributed by atoms with Crippen LogP contribution in [0.4, 0.5) is 5.69 Å². The van der Waals surface area contributed by atoms with Crippen molar-refractivity contribution in [1.29, 1.82) is 0 Å². The van der Waals surface area contributed by atoms with Gasteiger partial charge in [-0.05, 0) is 29.7 Å². The molecule has 18 heavy (non-hydrogen) atoms. The van der Waals surface area contributed by atoms with Crippen molar-refractivity contribution in [2.45, 2.75) is 13.3 Å². The maximum absolute atomic E-state index is 11.3. The quantitative estimate of drug-likeness (QED) is 0.793. The fraction of sp³-hybridized carbons (Fsp3) is 0.400. The Kier molecular flexibility index (Phi) is 2.82. The van der Waals surface area contributed by atoms with Crippen molar-refractivity contribution in [1.82, 2.24) is 4.90 Å². The lowest BCUT2D eigenvalue weighted by molar-refractivity contribution is -0.129. The highest BCUT2D eigenvalue weighted by atomic mass is 16.2. The number of hydrogen-bond acceptors (Lipinski definition) is 2. The van der Waals surface area contributed by atoms with Crippen LogP contribution in [-0.2, 0) is 4.79 Å². The number of hydrogen-bond donors (Lipinski definition) is 0. The SMILES string of the molecule is CC(=O)N1CCN(c2ccc(C3=CC3)cc2)CC1. The molecule has 2 aliphatic rings. The van der Waals surface area contributed by atoms with Gasteiger partial charge in [0, 0.05) is 38.8 Å². The van der Waals surface area contributed by atoms with E-state index in [1.807, 2.05) is 4.90 Å². The van der Waals surface area contributed by atoms with Gasteiger partial charge in [0.05, 0.1) is 0 Å². The minimum absolute atomic E-state index is 0.186. The van der Waals surface area contributed by atoms with Gasteiger partial charge >= 0.3 is 0 Å². The van der Waals surface area contributed by atoms with Gasteiger partial charge in [-0.3, -0.25) is 4.79 Å². The van der Waals surface area contributed by atoms with Gasteiger partial charge in [0.2, 0.25) is 5.91 Å². The molecule has 0 radical (unpaired) electrons. The fourth-order valence-corrected chi connectivity index (χ4v) is 2.45. The Morgan fingerprint density at radius 2 is 1.67 bits per heavy atom. The summed E-state index contributed by atoms with van der Waals surface area (Å²) >= 11 is 0. The summed E-state index contributed by atoms with van der Waals surface area (Å²) in [5, 5.41) is 0. The molecule has 0 unspecified atom stereocenters. The second-order valence-electron chi connectivity index (χ2n) is 4.97. The Balaban J connectivity index is 1.65. The third kappa shape index (κ3) is 2.26. The lowest BCUT2D eigenvalue weighted by atomic mass is 10.1. The van der Waals surface area contributed by atoms with Crippen LogP contribution < -0.4 is 4.90 Å². The zero-order chi connectivity index (χ0) is 12.5. The standard InChI is InChI=1S/C15H18N2O/c1-12(18)16-8-10-17(11-9-16)15-6-4-14(5-7-15)13-2-3-13/h2,4-7H,3,8-11H2,1H3. The minimum atomic E-state index is 0.186. The first kappa shape index (κ1) is 11.3. The molecule has 0 N–H and O–H groups in total. The Labute approximate surface area is 108 Å². The monoisotopic (exact) mass is 242 g/mol. The number of carbonyl (C=O) groups is 1. The summed E-state index contributed by atoms with van der Waals surface area (Å²) in [7, 11) is 0. The second-order valence-corrected chi connectivity index (χ2v) is 4.97. The van der Waals surface area contributed by atoms with Crippen molar-refractivity contribution < 1.29 is 4.79 Å². The van der Waals surface area contributed by atoms with Crippen LogP contribution in [0.25, 0.3) is 5.57 Å². The van der Waals surface area contributed by atoms with Crippen LogP contribution in [0, 0.1) is 0 Å². The van der Waals surface area contributed by atoms with Crippen molar-refractivity contribution in [2.75, 3.05) is 31.1 Å². The summed E-state index contributed by atoms with van der Waals surface area (Å²) in [6.45, 7) is 5.18. The van der Waals surface area contributed by atoms with E-state index in [0.717, 1.165) is 32.6 Å². The molecule has 0 aromatic heterocycles. The number of nitrogens with zero attached hydrogens (tertiary/aromatic N) is 2. The van der Waals surface area contributed by atoms with Crippen LogP contribution in [0.5, 0.6) is 0 Å². The molecule has 1 aromatic carbocycles. The van der Waals surface area contributed by atoms with Crippen LogP contribution in [-0.4, -0.2) is 37.0 Å². The number of allylic oxidation sites excluding steroid dienone is 2. The Morgan fingerprint density at radius 3 is 2.17 bits per heavy atom. The van der Waals surface area contributed by atoms with Crippen LogP contribution in [0.2, 0.25) is 0 Å². The summed E-state index contributed by atoms with van der Waals surface area (Å²) in [5.41, 5.74) is 4.08. The number of rotatable bonds is 2. The number of carbonyl (C=O) groups excluding carboxylic acids is 1. The highest BCUT2D eigenvalue weighted by Gasteiger charge is 2.19. The van der Waals surface area contributed by atoms with E-state index in [1.165, 1.54) is 16.8 Å². The first-order valence-electron chi connectivity index (χ1n) is 6.54. The van der Waals surface area contributed by atoms with Gasteiger partial charge in [-0.25, -0.2) is 0 Å². The molecule has 1 saturated heterocycles. The van der Waals surface area contributed by atoms with Gasteiger partial charge in [0.25, 0.3) is 0 Å². The molecule has 94 valence electrons. The summed E-state index contributed by atoms with van der Waals surface area (Å²) < 4.78 is 0. The van der Waals surface area contributed by atoms with Gasteiger partial charge in [-0.2, -0.15) is 0 Å². The van der Waals surface area contributed by atoms with Crippen molar-refractivity contribution in [3.05, 3.63) is 35.9 Å². The highest BCUT2D eigenvalue weighted by molar-refractivity contribution is 5.78. The van der Waals surface area contributed by atoms with Gasteiger partial charge in [-0.15, -0.1) is 0 Å². The first-order chi connectivity index (χ1) is 8.74. The summed E-state index contributed by atoms with van der Waals surface area (Å²) in [6.07, 6.45) is 3.40. The third-order valence-corrected chi connectivity index (χ3v) is 3.74. The fourth-order valence-electron chi connectivity index (χ4n) is 2.45. The zero-order valence-corrected chi connectivity index (χ0v) is 10.7. The van der Waals surface area contributed by atoms with Gasteiger partial charge in [0.1, 0.15) is 0 Å². The van der Waals surface area contributed by atoms with E-state index in [0.29, 0.717) is 0 Å². The summed E-state index contributed by atoms with van der Waals surface area (Å²) in [4.78, 5) is 15.5. The average molecular weight is 242 g/mol. The molecule has 1 aliphatic carbocycles. The lowest BCUT2D eigenvalue weighted by Gasteiger charge is -2.35. The predicted octanol–water partition coefficient (Wildman–Crippen LogP) is 2.14. The number of anilines is 1. The van der Waals surface area contributed by atoms with Crippen LogP contribution >= 0.6 is 0 Å². The second kappa shape index (κ2) is 4.48. The van der Waals surface area contributed by atoms with Gasteiger partial charge < -0.3 is 9.80 Å². The van der Waals surface area contributed by atoms with Crippen molar-refractivity contribution in [3.63, 3.8) is 0 Å². The molecule has 0 spiro atoms. The molecule has 3 rings (SSSR count). The lowest BCUT2D eigenvalue weighted by Crippen LogP contribution is -2.48. The van der Waals surface area contributed by atoms with E-state index < -0.39 is 0 Å². The summed E-state index contributed by atoms with van der Waals surface area (Å²) in [5.74, 6) is 0.186. The Hall–Kier alpha value is -1.77.